The Labute approximate surface area is 215 Å². The average molecular weight is 564 g/mol. The number of halogens is 3. The molecule has 4 rings (SSSR count). The zero-order valence-electron chi connectivity index (χ0n) is 17.7. The van der Waals surface area contributed by atoms with Gasteiger partial charge in [0.2, 0.25) is 0 Å². The van der Waals surface area contributed by atoms with Gasteiger partial charge in [-0.05, 0) is 76.0 Å². The fourth-order valence-corrected chi connectivity index (χ4v) is 5.18. The third kappa shape index (κ3) is 6.27. The molecule has 170 valence electrons. The Kier molecular flexibility index (Phi) is 7.91. The third-order valence-corrected chi connectivity index (χ3v) is 7.28. The molecule has 0 bridgehead atoms. The minimum atomic E-state index is -0.216. The molecule has 4 nitrogen and oxygen atoms in total. The van der Waals surface area contributed by atoms with E-state index in [4.69, 9.17) is 27.9 Å². The highest BCUT2D eigenvalue weighted by Crippen LogP contribution is 2.33. The van der Waals surface area contributed by atoms with Gasteiger partial charge in [-0.2, -0.15) is 0 Å². The molecule has 1 fully saturated rings. The van der Waals surface area contributed by atoms with E-state index in [9.17, 15) is 4.79 Å². The molecule has 3 aromatic carbocycles. The molecule has 33 heavy (non-hydrogen) atoms. The largest absolute Gasteiger partial charge is 0.488 e. The number of thioether (sulfide) groups is 1. The molecule has 1 aliphatic heterocycles. The van der Waals surface area contributed by atoms with Gasteiger partial charge in [-0.1, -0.05) is 66.2 Å². The summed E-state index contributed by atoms with van der Waals surface area (Å²) in [5.74, 6) is 0.582. The Bertz CT molecular complexity index is 1200. The first-order valence-corrected chi connectivity index (χ1v) is 12.7. The van der Waals surface area contributed by atoms with Crippen molar-refractivity contribution in [1.29, 1.82) is 0 Å². The highest BCUT2D eigenvalue weighted by atomic mass is 79.9. The summed E-state index contributed by atoms with van der Waals surface area (Å²) in [7, 11) is 0. The molecule has 8 heteroatoms. The van der Waals surface area contributed by atoms with E-state index in [1.807, 2.05) is 42.5 Å². The average Bonchev–Trinajstić information content (AvgIpc) is 3.13. The van der Waals surface area contributed by atoms with E-state index in [2.05, 4.69) is 45.6 Å². The molecule has 1 atom stereocenters. The summed E-state index contributed by atoms with van der Waals surface area (Å²) >= 11 is 17.2. The number of benzene rings is 3. The first-order valence-electron chi connectivity index (χ1n) is 10.3. The van der Waals surface area contributed by atoms with Crippen molar-refractivity contribution >= 4 is 68.6 Å². The quantitative estimate of drug-likeness (QED) is 0.292. The molecule has 0 radical (unpaired) electrons. The van der Waals surface area contributed by atoms with Crippen LogP contribution in [0.1, 0.15) is 23.6 Å². The van der Waals surface area contributed by atoms with Crippen LogP contribution in [0.15, 0.2) is 70.0 Å². The summed E-state index contributed by atoms with van der Waals surface area (Å²) < 4.78 is 6.69. The summed E-state index contributed by atoms with van der Waals surface area (Å²) in [4.78, 5) is 13.1. The normalized spacial score (nSPS) is 16.7. The minimum Gasteiger partial charge on any atom is -0.488 e. The Balaban J connectivity index is 1.39. The third-order valence-electron chi connectivity index (χ3n) is 5.04. The molecule has 0 aliphatic carbocycles. The van der Waals surface area contributed by atoms with E-state index in [1.54, 1.807) is 12.1 Å². The first kappa shape index (κ1) is 24.0. The van der Waals surface area contributed by atoms with Crippen LogP contribution >= 0.6 is 50.9 Å². The lowest BCUT2D eigenvalue weighted by molar-refractivity contribution is -0.116. The molecule has 1 saturated heterocycles. The fraction of sp³-hybridized carbons (Fsp3) is 0.160. The number of rotatable bonds is 7. The van der Waals surface area contributed by atoms with E-state index in [-0.39, 0.29) is 11.4 Å². The maximum absolute atomic E-state index is 12.4. The van der Waals surface area contributed by atoms with Crippen LogP contribution in [0.2, 0.25) is 10.0 Å². The summed E-state index contributed by atoms with van der Waals surface area (Å²) in [5, 5.41) is 7.45. The van der Waals surface area contributed by atoms with Crippen LogP contribution in [-0.4, -0.2) is 11.4 Å². The van der Waals surface area contributed by atoms with E-state index in [1.165, 1.54) is 17.3 Å². The summed E-state index contributed by atoms with van der Waals surface area (Å²) in [5.41, 5.74) is 3.77. The molecule has 0 unspecified atom stereocenters. The number of hydrogen-bond donors (Lipinski definition) is 2. The van der Waals surface area contributed by atoms with Crippen LogP contribution in [-0.2, 0) is 17.8 Å². The Morgan fingerprint density at radius 2 is 1.91 bits per heavy atom. The van der Waals surface area contributed by atoms with Gasteiger partial charge in [0.1, 0.15) is 12.4 Å². The lowest BCUT2D eigenvalue weighted by Crippen LogP contribution is -2.30. The molecule has 1 amide bonds. The first-order chi connectivity index (χ1) is 15.9. The second kappa shape index (κ2) is 10.9. The van der Waals surface area contributed by atoms with Crippen molar-refractivity contribution in [1.82, 2.24) is 5.32 Å². The van der Waals surface area contributed by atoms with E-state index in [0.717, 1.165) is 27.7 Å². The number of hydrogen-bond acceptors (Lipinski definition) is 4. The molecule has 2 N–H and O–H groups in total. The molecule has 0 saturated carbocycles. The SMILES string of the molecule is CCc1ccc(N[C@H]2NC(=O)/C(=C/c3ccc(OCc4ccc(Cl)cc4Cl)c(Br)c3)S2)cc1. The maximum atomic E-state index is 12.4. The number of aryl methyl sites for hydroxylation is 1. The van der Waals surface area contributed by atoms with E-state index >= 15 is 0 Å². The van der Waals surface area contributed by atoms with Crippen molar-refractivity contribution in [3.05, 3.63) is 96.8 Å². The van der Waals surface area contributed by atoms with Gasteiger partial charge in [-0.15, -0.1) is 0 Å². The van der Waals surface area contributed by atoms with Crippen molar-refractivity contribution in [3.63, 3.8) is 0 Å². The highest BCUT2D eigenvalue weighted by molar-refractivity contribution is 9.10. The van der Waals surface area contributed by atoms with Crippen molar-refractivity contribution in [2.75, 3.05) is 5.32 Å². The second-order valence-electron chi connectivity index (χ2n) is 7.39. The second-order valence-corrected chi connectivity index (χ2v) is 10.2. The number of anilines is 1. The van der Waals surface area contributed by atoms with Crippen LogP contribution in [0.4, 0.5) is 5.69 Å². The zero-order chi connectivity index (χ0) is 23.4. The number of carbonyl (C=O) groups excluding carboxylic acids is 1. The summed E-state index contributed by atoms with van der Waals surface area (Å²) in [6, 6.07) is 19.2. The van der Waals surface area contributed by atoms with Crippen molar-refractivity contribution in [2.45, 2.75) is 25.4 Å². The van der Waals surface area contributed by atoms with Gasteiger partial charge in [-0.25, -0.2) is 0 Å². The van der Waals surface area contributed by atoms with Gasteiger partial charge in [-0.3, -0.25) is 4.79 Å². The number of ether oxygens (including phenoxy) is 1. The van der Waals surface area contributed by atoms with E-state index in [0.29, 0.717) is 27.3 Å². The topological polar surface area (TPSA) is 50.4 Å². The van der Waals surface area contributed by atoms with Crippen LogP contribution in [0, 0.1) is 0 Å². The highest BCUT2D eigenvalue weighted by Gasteiger charge is 2.27. The summed E-state index contributed by atoms with van der Waals surface area (Å²) in [6.45, 7) is 2.44. The number of carbonyl (C=O) groups is 1. The van der Waals surface area contributed by atoms with Gasteiger partial charge in [0.25, 0.3) is 5.91 Å². The Morgan fingerprint density at radius 1 is 1.12 bits per heavy atom. The monoisotopic (exact) mass is 562 g/mol. The van der Waals surface area contributed by atoms with Gasteiger partial charge < -0.3 is 15.4 Å². The lowest BCUT2D eigenvalue weighted by Gasteiger charge is -2.13. The van der Waals surface area contributed by atoms with Crippen molar-refractivity contribution in [2.24, 2.45) is 0 Å². The standard InChI is InChI=1S/C25H21BrCl2N2O2S/c1-2-15-3-8-19(9-4-15)29-25-30-24(31)23(33-25)12-16-5-10-22(20(26)11-16)32-14-17-6-7-18(27)13-21(17)28/h3-13,25,29H,2,14H2,1H3,(H,30,31)/b23-12-/t25-/m0/s1. The molecule has 1 heterocycles. The van der Waals surface area contributed by atoms with Gasteiger partial charge in [0.15, 0.2) is 5.50 Å². The lowest BCUT2D eigenvalue weighted by atomic mass is 10.1. The Morgan fingerprint density at radius 3 is 2.61 bits per heavy atom. The number of nitrogens with one attached hydrogen (secondary N) is 2. The van der Waals surface area contributed by atoms with Crippen LogP contribution in [0.25, 0.3) is 6.08 Å². The molecular weight excluding hydrogens is 543 g/mol. The predicted molar refractivity (Wildman–Crippen MR) is 142 cm³/mol. The van der Waals surface area contributed by atoms with Gasteiger partial charge in [0.05, 0.1) is 9.38 Å². The fourth-order valence-electron chi connectivity index (χ4n) is 3.22. The smallest absolute Gasteiger partial charge is 0.260 e. The number of amides is 1. The summed E-state index contributed by atoms with van der Waals surface area (Å²) in [6.07, 6.45) is 2.86. The van der Waals surface area contributed by atoms with Crippen LogP contribution in [0.5, 0.6) is 5.75 Å². The predicted octanol–water partition coefficient (Wildman–Crippen LogP) is 7.50. The van der Waals surface area contributed by atoms with E-state index < -0.39 is 0 Å². The van der Waals surface area contributed by atoms with Crippen molar-refractivity contribution < 1.29 is 9.53 Å². The molecule has 1 aliphatic rings. The molecule has 0 spiro atoms. The van der Waals surface area contributed by atoms with Gasteiger partial charge in [0, 0.05) is 21.3 Å². The Hall–Kier alpha value is -2.12. The molecule has 0 aromatic heterocycles. The van der Waals surface area contributed by atoms with Crippen LogP contribution in [0.3, 0.4) is 0 Å². The maximum Gasteiger partial charge on any atom is 0.260 e. The molecular formula is C25H21BrCl2N2O2S. The van der Waals surface area contributed by atoms with Crippen molar-refractivity contribution in [3.8, 4) is 5.75 Å². The van der Waals surface area contributed by atoms with Gasteiger partial charge >= 0.3 is 0 Å². The zero-order valence-corrected chi connectivity index (χ0v) is 21.6. The van der Waals surface area contributed by atoms with Crippen LogP contribution < -0.4 is 15.4 Å². The minimum absolute atomic E-state index is 0.100. The molecule has 3 aromatic rings.